The molecule has 0 radical (unpaired) electrons. The van der Waals surface area contributed by atoms with Crippen LogP contribution in [0.25, 0.3) is 11.0 Å². The lowest BCUT2D eigenvalue weighted by Crippen LogP contribution is -2.34. The van der Waals surface area contributed by atoms with Crippen molar-refractivity contribution in [2.24, 2.45) is 0 Å². The van der Waals surface area contributed by atoms with Crippen molar-refractivity contribution in [3.8, 4) is 0 Å². The Labute approximate surface area is 124 Å². The molecule has 21 heavy (non-hydrogen) atoms. The maximum atomic E-state index is 12.0. The highest BCUT2D eigenvalue weighted by Gasteiger charge is 2.19. The second-order valence-electron chi connectivity index (χ2n) is 5.23. The number of sulfonamides is 1. The third-order valence-corrected chi connectivity index (χ3v) is 5.01. The molecule has 1 aliphatic rings. The molecule has 114 valence electrons. The Morgan fingerprint density at radius 3 is 3.05 bits per heavy atom. The van der Waals surface area contributed by atoms with Crippen molar-refractivity contribution < 1.29 is 13.2 Å². The van der Waals surface area contributed by atoms with Gasteiger partial charge >= 0.3 is 0 Å². The molecular weight excluding hydrogens is 290 g/mol. The Morgan fingerprint density at radius 2 is 2.24 bits per heavy atom. The number of hydrogen-bond acceptors (Lipinski definition) is 4. The van der Waals surface area contributed by atoms with Gasteiger partial charge in [-0.25, -0.2) is 18.1 Å². The number of imidazole rings is 1. The maximum absolute atomic E-state index is 12.0. The summed E-state index contributed by atoms with van der Waals surface area (Å²) in [4.78, 5) is 4.26. The number of ether oxygens (including phenoxy) is 1. The first-order chi connectivity index (χ1) is 10.1. The second-order valence-corrected chi connectivity index (χ2v) is 7.16. The molecule has 1 N–H and O–H groups in total. The van der Waals surface area contributed by atoms with Gasteiger partial charge in [-0.1, -0.05) is 12.1 Å². The molecule has 0 unspecified atom stereocenters. The molecule has 1 aromatic carbocycles. The average Bonchev–Trinajstić information content (AvgIpc) is 3.13. The van der Waals surface area contributed by atoms with Gasteiger partial charge in [0.15, 0.2) is 0 Å². The zero-order chi connectivity index (χ0) is 14.7. The van der Waals surface area contributed by atoms with Crippen molar-refractivity contribution in [3.63, 3.8) is 0 Å². The minimum Gasteiger partial charge on any atom is -0.377 e. The highest BCUT2D eigenvalue weighted by molar-refractivity contribution is 7.89. The van der Waals surface area contributed by atoms with Crippen molar-refractivity contribution in [1.29, 1.82) is 0 Å². The monoisotopic (exact) mass is 309 g/mol. The van der Waals surface area contributed by atoms with Crippen LogP contribution in [-0.4, -0.2) is 43.0 Å². The Balaban J connectivity index is 1.58. The summed E-state index contributed by atoms with van der Waals surface area (Å²) in [6, 6.07) is 7.69. The first kappa shape index (κ1) is 14.5. The molecule has 2 aromatic rings. The third-order valence-electron chi connectivity index (χ3n) is 3.68. The van der Waals surface area contributed by atoms with E-state index in [9.17, 15) is 8.42 Å². The summed E-state index contributed by atoms with van der Waals surface area (Å²) < 4.78 is 33.9. The van der Waals surface area contributed by atoms with Gasteiger partial charge < -0.3 is 9.30 Å². The molecule has 3 rings (SSSR count). The summed E-state index contributed by atoms with van der Waals surface area (Å²) in [5.74, 6) is 0.0417. The van der Waals surface area contributed by atoms with Crippen LogP contribution in [0.5, 0.6) is 0 Å². The quantitative estimate of drug-likeness (QED) is 0.868. The zero-order valence-electron chi connectivity index (χ0n) is 11.7. The van der Waals surface area contributed by atoms with E-state index in [0.29, 0.717) is 13.1 Å². The van der Waals surface area contributed by atoms with E-state index in [2.05, 4.69) is 9.71 Å². The van der Waals surface area contributed by atoms with E-state index in [4.69, 9.17) is 4.74 Å². The number of aryl methyl sites for hydroxylation is 1. The van der Waals surface area contributed by atoms with E-state index in [0.717, 1.165) is 30.5 Å². The summed E-state index contributed by atoms with van der Waals surface area (Å²) in [5, 5.41) is 0. The van der Waals surface area contributed by atoms with Crippen LogP contribution in [0, 0.1) is 0 Å². The predicted molar refractivity (Wildman–Crippen MR) is 80.5 cm³/mol. The lowest BCUT2D eigenvalue weighted by Gasteiger charge is -2.11. The van der Waals surface area contributed by atoms with Gasteiger partial charge in [-0.05, 0) is 25.0 Å². The Morgan fingerprint density at radius 1 is 1.38 bits per heavy atom. The molecule has 6 nitrogen and oxygen atoms in total. The van der Waals surface area contributed by atoms with Crippen LogP contribution < -0.4 is 4.72 Å². The van der Waals surface area contributed by atoms with Gasteiger partial charge in [0.2, 0.25) is 10.0 Å². The van der Waals surface area contributed by atoms with Gasteiger partial charge in [0.05, 0.1) is 29.2 Å². The number of hydrogen-bond donors (Lipinski definition) is 1. The van der Waals surface area contributed by atoms with E-state index in [-0.39, 0.29) is 11.9 Å². The molecule has 0 spiro atoms. The Bertz CT molecular complexity index is 705. The Hall–Kier alpha value is -1.44. The van der Waals surface area contributed by atoms with E-state index < -0.39 is 10.0 Å². The maximum Gasteiger partial charge on any atom is 0.213 e. The lowest BCUT2D eigenvalue weighted by molar-refractivity contribution is 0.114. The number of nitrogens with one attached hydrogen (secondary N) is 1. The van der Waals surface area contributed by atoms with E-state index in [1.807, 2.05) is 28.8 Å². The summed E-state index contributed by atoms with van der Waals surface area (Å²) >= 11 is 0. The largest absolute Gasteiger partial charge is 0.377 e. The fourth-order valence-electron chi connectivity index (χ4n) is 2.50. The summed E-state index contributed by atoms with van der Waals surface area (Å²) in [7, 11) is -3.29. The molecule has 1 aliphatic heterocycles. The number of fused-ring (bicyclic) bond motifs is 1. The molecule has 1 saturated heterocycles. The smallest absolute Gasteiger partial charge is 0.213 e. The number of para-hydroxylation sites is 2. The van der Waals surface area contributed by atoms with Crippen molar-refractivity contribution in [2.75, 3.05) is 18.9 Å². The molecule has 0 amide bonds. The van der Waals surface area contributed by atoms with Crippen molar-refractivity contribution >= 4 is 21.1 Å². The highest BCUT2D eigenvalue weighted by Crippen LogP contribution is 2.12. The van der Waals surface area contributed by atoms with E-state index in [1.54, 1.807) is 6.33 Å². The molecule has 2 heterocycles. The molecule has 1 atom stereocenters. The topological polar surface area (TPSA) is 73.2 Å². The minimum absolute atomic E-state index is 0.0221. The minimum atomic E-state index is -3.29. The van der Waals surface area contributed by atoms with Gasteiger partial charge in [0.1, 0.15) is 0 Å². The standard InChI is InChI=1S/C14H19N3O3S/c18-21(19,16-10-12-4-3-8-20-12)9-7-17-11-15-13-5-1-2-6-14(13)17/h1-2,5-6,11-12,16H,3-4,7-10H2/t12-/m0/s1. The van der Waals surface area contributed by atoms with Crippen LogP contribution in [0.2, 0.25) is 0 Å². The molecule has 7 heteroatoms. The van der Waals surface area contributed by atoms with Crippen LogP contribution in [0.15, 0.2) is 30.6 Å². The van der Waals surface area contributed by atoms with E-state index >= 15 is 0 Å². The van der Waals surface area contributed by atoms with Gasteiger partial charge in [0.25, 0.3) is 0 Å². The fraction of sp³-hybridized carbons (Fsp3) is 0.500. The number of rotatable bonds is 6. The molecular formula is C14H19N3O3S. The summed E-state index contributed by atoms with van der Waals surface area (Å²) in [5.41, 5.74) is 1.83. The Kier molecular flexibility index (Phi) is 4.23. The third kappa shape index (κ3) is 3.61. The van der Waals surface area contributed by atoms with Crippen LogP contribution in [0.3, 0.4) is 0 Å². The van der Waals surface area contributed by atoms with Gasteiger partial charge in [-0.3, -0.25) is 0 Å². The van der Waals surface area contributed by atoms with Crippen LogP contribution in [-0.2, 0) is 21.3 Å². The molecule has 0 saturated carbocycles. The summed E-state index contributed by atoms with van der Waals surface area (Å²) in [6.45, 7) is 1.49. The van der Waals surface area contributed by atoms with Gasteiger partial charge in [-0.15, -0.1) is 0 Å². The second kappa shape index (κ2) is 6.13. The molecule has 1 fully saturated rings. The number of aromatic nitrogens is 2. The molecule has 1 aromatic heterocycles. The predicted octanol–water partition coefficient (Wildman–Crippen LogP) is 1.13. The SMILES string of the molecule is O=S(=O)(CCn1cnc2ccccc21)NC[C@@H]1CCCO1. The molecule has 0 aliphatic carbocycles. The average molecular weight is 309 g/mol. The van der Waals surface area contributed by atoms with Gasteiger partial charge in [0, 0.05) is 19.7 Å². The van der Waals surface area contributed by atoms with Crippen LogP contribution >= 0.6 is 0 Å². The molecule has 0 bridgehead atoms. The first-order valence-electron chi connectivity index (χ1n) is 7.13. The van der Waals surface area contributed by atoms with E-state index in [1.165, 1.54) is 0 Å². The fourth-order valence-corrected chi connectivity index (χ4v) is 3.53. The zero-order valence-corrected chi connectivity index (χ0v) is 12.6. The van der Waals surface area contributed by atoms with Gasteiger partial charge in [-0.2, -0.15) is 0 Å². The van der Waals surface area contributed by atoms with Crippen molar-refractivity contribution in [1.82, 2.24) is 14.3 Å². The van der Waals surface area contributed by atoms with Crippen molar-refractivity contribution in [3.05, 3.63) is 30.6 Å². The van der Waals surface area contributed by atoms with Crippen LogP contribution in [0.1, 0.15) is 12.8 Å². The first-order valence-corrected chi connectivity index (χ1v) is 8.78. The highest BCUT2D eigenvalue weighted by atomic mass is 32.2. The normalized spacial score (nSPS) is 19.3. The number of benzene rings is 1. The lowest BCUT2D eigenvalue weighted by atomic mass is 10.2. The number of nitrogens with zero attached hydrogens (tertiary/aromatic N) is 2. The van der Waals surface area contributed by atoms with Crippen LogP contribution in [0.4, 0.5) is 0 Å². The van der Waals surface area contributed by atoms with Crippen molar-refractivity contribution in [2.45, 2.75) is 25.5 Å². The summed E-state index contributed by atoms with van der Waals surface area (Å²) in [6.07, 6.45) is 3.64.